The van der Waals surface area contributed by atoms with Crippen molar-refractivity contribution >= 4 is 39.5 Å². The smallest absolute Gasteiger partial charge is 0.271 e. The highest BCUT2D eigenvalue weighted by molar-refractivity contribution is 7.92. The summed E-state index contributed by atoms with van der Waals surface area (Å²) in [4.78, 5) is 4.28. The van der Waals surface area contributed by atoms with Gasteiger partial charge in [0.15, 0.2) is 11.5 Å². The Morgan fingerprint density at radius 2 is 1.86 bits per heavy atom. The third-order valence-electron chi connectivity index (χ3n) is 3.63. The van der Waals surface area contributed by atoms with E-state index in [1.54, 1.807) is 30.3 Å². The van der Waals surface area contributed by atoms with Gasteiger partial charge in [-0.1, -0.05) is 6.07 Å². The topological polar surface area (TPSA) is 123 Å². The number of phenols is 1. The quantitative estimate of drug-likeness (QED) is 0.563. The van der Waals surface area contributed by atoms with Gasteiger partial charge in [-0.3, -0.25) is 9.71 Å². The molecule has 1 aromatic heterocycles. The third kappa shape index (κ3) is 4.21. The van der Waals surface area contributed by atoms with E-state index in [1.165, 1.54) is 32.6 Å². The molecule has 0 aliphatic carbocycles. The zero-order chi connectivity index (χ0) is 20.1. The summed E-state index contributed by atoms with van der Waals surface area (Å²) in [5, 5.41) is 10.1. The number of rotatable bonds is 7. The van der Waals surface area contributed by atoms with Crippen LogP contribution in [0.15, 0.2) is 52.4 Å². The van der Waals surface area contributed by atoms with Gasteiger partial charge in [0.2, 0.25) is 5.82 Å². The molecular formula is C17H16N4O5S2. The average Bonchev–Trinajstić information content (AvgIpc) is 3.14. The van der Waals surface area contributed by atoms with Crippen LogP contribution in [-0.4, -0.2) is 42.7 Å². The van der Waals surface area contributed by atoms with Crippen molar-refractivity contribution in [1.29, 1.82) is 0 Å². The standard InChI is InChI=1S/C17H16N4O5S2/c1-25-14-5-3-4-11(15(14)22)10-18-12-6-8-13(9-7-12)28(23,24)21-16-17(26-2)20-27-19-16/h3-10,22H,1-2H3,(H,19,21). The maximum atomic E-state index is 12.5. The lowest BCUT2D eigenvalue weighted by Crippen LogP contribution is -2.13. The fourth-order valence-corrected chi connectivity index (χ4v) is 3.77. The van der Waals surface area contributed by atoms with Crippen molar-refractivity contribution in [2.75, 3.05) is 18.9 Å². The minimum absolute atomic E-state index is 0.0250. The lowest BCUT2D eigenvalue weighted by atomic mass is 10.2. The molecule has 2 N–H and O–H groups in total. The van der Waals surface area contributed by atoms with E-state index >= 15 is 0 Å². The number of aliphatic imine (C=N–C) groups is 1. The Morgan fingerprint density at radius 3 is 2.54 bits per heavy atom. The molecule has 146 valence electrons. The summed E-state index contributed by atoms with van der Waals surface area (Å²) in [5.74, 6) is 0.447. The number of methoxy groups -OCH3 is 2. The molecule has 11 heteroatoms. The lowest BCUT2D eigenvalue weighted by Gasteiger charge is -2.07. The van der Waals surface area contributed by atoms with Gasteiger partial charge in [0.25, 0.3) is 15.9 Å². The van der Waals surface area contributed by atoms with E-state index in [2.05, 4.69) is 18.5 Å². The predicted molar refractivity (Wildman–Crippen MR) is 106 cm³/mol. The molecule has 0 fully saturated rings. The Hall–Kier alpha value is -3.18. The lowest BCUT2D eigenvalue weighted by molar-refractivity contribution is 0.373. The fraction of sp³-hybridized carbons (Fsp3) is 0.118. The molecule has 0 atom stereocenters. The monoisotopic (exact) mass is 420 g/mol. The SMILES string of the molecule is COc1cccc(C=Nc2ccc(S(=O)(=O)Nc3nsnc3OC)cc2)c1O. The van der Waals surface area contributed by atoms with Crippen LogP contribution in [0.5, 0.6) is 17.4 Å². The van der Waals surface area contributed by atoms with Crippen LogP contribution in [0, 0.1) is 0 Å². The number of ether oxygens (including phenoxy) is 2. The van der Waals surface area contributed by atoms with E-state index in [-0.39, 0.29) is 22.3 Å². The van der Waals surface area contributed by atoms with E-state index < -0.39 is 10.0 Å². The number of nitrogens with zero attached hydrogens (tertiary/aromatic N) is 3. The van der Waals surface area contributed by atoms with Gasteiger partial charge in [0, 0.05) is 11.8 Å². The summed E-state index contributed by atoms with van der Waals surface area (Å²) in [6.45, 7) is 0. The van der Waals surface area contributed by atoms with Gasteiger partial charge in [-0.25, -0.2) is 8.42 Å². The Labute approximate surface area is 165 Å². The highest BCUT2D eigenvalue weighted by Crippen LogP contribution is 2.29. The van der Waals surface area contributed by atoms with Crippen LogP contribution in [0.2, 0.25) is 0 Å². The van der Waals surface area contributed by atoms with Gasteiger partial charge in [0.05, 0.1) is 36.5 Å². The number of hydrogen-bond donors (Lipinski definition) is 2. The van der Waals surface area contributed by atoms with Crippen molar-refractivity contribution in [3.05, 3.63) is 48.0 Å². The average molecular weight is 420 g/mol. The van der Waals surface area contributed by atoms with Crippen LogP contribution in [0.25, 0.3) is 0 Å². The van der Waals surface area contributed by atoms with Crippen molar-refractivity contribution in [3.63, 3.8) is 0 Å². The van der Waals surface area contributed by atoms with Crippen LogP contribution in [0.1, 0.15) is 5.56 Å². The first kappa shape index (κ1) is 19.6. The van der Waals surface area contributed by atoms with Gasteiger partial charge in [-0.05, 0) is 36.4 Å². The minimum atomic E-state index is -3.85. The predicted octanol–water partition coefficient (Wildman–Crippen LogP) is 2.81. The second-order valence-corrected chi connectivity index (χ2v) is 7.59. The number of aromatic hydroxyl groups is 1. The normalized spacial score (nSPS) is 11.5. The number of phenolic OH excluding ortho intramolecular Hbond substituents is 1. The van der Waals surface area contributed by atoms with Crippen molar-refractivity contribution < 1.29 is 23.0 Å². The Bertz CT molecular complexity index is 1090. The number of nitrogens with one attached hydrogen (secondary N) is 1. The van der Waals surface area contributed by atoms with Crippen LogP contribution in [0.4, 0.5) is 11.5 Å². The highest BCUT2D eigenvalue weighted by Gasteiger charge is 2.19. The maximum Gasteiger partial charge on any atom is 0.271 e. The van der Waals surface area contributed by atoms with Gasteiger partial charge in [-0.15, -0.1) is 4.37 Å². The molecule has 0 saturated carbocycles. The summed E-state index contributed by atoms with van der Waals surface area (Å²) in [6.07, 6.45) is 1.46. The molecule has 0 saturated heterocycles. The zero-order valence-corrected chi connectivity index (χ0v) is 16.5. The summed E-state index contributed by atoms with van der Waals surface area (Å²) < 4.78 is 44.9. The summed E-state index contributed by atoms with van der Waals surface area (Å²) >= 11 is 0.837. The van der Waals surface area contributed by atoms with E-state index in [1.807, 2.05) is 0 Å². The molecule has 28 heavy (non-hydrogen) atoms. The van der Waals surface area contributed by atoms with Gasteiger partial charge in [-0.2, -0.15) is 4.37 Å². The largest absolute Gasteiger partial charge is 0.504 e. The van der Waals surface area contributed by atoms with E-state index in [9.17, 15) is 13.5 Å². The number of anilines is 1. The van der Waals surface area contributed by atoms with E-state index in [4.69, 9.17) is 9.47 Å². The number of para-hydroxylation sites is 1. The Balaban J connectivity index is 1.78. The zero-order valence-electron chi connectivity index (χ0n) is 14.9. The molecular weight excluding hydrogens is 404 g/mol. The van der Waals surface area contributed by atoms with Crippen molar-refractivity contribution in [1.82, 2.24) is 8.75 Å². The molecule has 3 rings (SSSR count). The van der Waals surface area contributed by atoms with Crippen molar-refractivity contribution in [2.24, 2.45) is 4.99 Å². The van der Waals surface area contributed by atoms with Crippen molar-refractivity contribution in [3.8, 4) is 17.4 Å². The van der Waals surface area contributed by atoms with Crippen LogP contribution < -0.4 is 14.2 Å². The molecule has 1 heterocycles. The van der Waals surface area contributed by atoms with E-state index in [0.717, 1.165) is 11.7 Å². The second kappa shape index (κ2) is 8.23. The molecule has 0 aliphatic heterocycles. The Kier molecular flexibility index (Phi) is 5.76. The highest BCUT2D eigenvalue weighted by atomic mass is 32.2. The molecule has 0 radical (unpaired) electrons. The maximum absolute atomic E-state index is 12.5. The molecule has 0 unspecified atom stereocenters. The first-order chi connectivity index (χ1) is 13.4. The second-order valence-electron chi connectivity index (χ2n) is 5.38. The summed E-state index contributed by atoms with van der Waals surface area (Å²) in [7, 11) is -1.01. The minimum Gasteiger partial charge on any atom is -0.504 e. The number of benzene rings is 2. The molecule has 3 aromatic rings. The molecule has 0 bridgehead atoms. The Morgan fingerprint density at radius 1 is 1.11 bits per heavy atom. The van der Waals surface area contributed by atoms with Crippen molar-refractivity contribution in [2.45, 2.75) is 4.90 Å². The fourth-order valence-electron chi connectivity index (χ4n) is 2.23. The first-order valence-electron chi connectivity index (χ1n) is 7.84. The van der Waals surface area contributed by atoms with Crippen LogP contribution in [-0.2, 0) is 10.0 Å². The number of sulfonamides is 1. The van der Waals surface area contributed by atoms with Crippen LogP contribution in [0.3, 0.4) is 0 Å². The summed E-state index contributed by atoms with van der Waals surface area (Å²) in [5.41, 5.74) is 0.981. The van der Waals surface area contributed by atoms with E-state index in [0.29, 0.717) is 17.0 Å². The number of hydrogen-bond acceptors (Lipinski definition) is 9. The molecule has 9 nitrogen and oxygen atoms in total. The van der Waals surface area contributed by atoms with Gasteiger partial charge < -0.3 is 14.6 Å². The molecule has 0 aliphatic rings. The van der Waals surface area contributed by atoms with Gasteiger partial charge in [0.1, 0.15) is 0 Å². The van der Waals surface area contributed by atoms with Crippen LogP contribution >= 0.6 is 11.7 Å². The number of aromatic nitrogens is 2. The summed E-state index contributed by atoms with van der Waals surface area (Å²) in [6, 6.07) is 10.9. The first-order valence-corrected chi connectivity index (χ1v) is 10.1. The molecule has 0 amide bonds. The molecule has 0 spiro atoms. The molecule has 2 aromatic carbocycles. The third-order valence-corrected chi connectivity index (χ3v) is 5.50. The van der Waals surface area contributed by atoms with Gasteiger partial charge >= 0.3 is 0 Å².